The van der Waals surface area contributed by atoms with Gasteiger partial charge < -0.3 is 0 Å². The summed E-state index contributed by atoms with van der Waals surface area (Å²) in [7, 11) is 0. The predicted molar refractivity (Wildman–Crippen MR) is 118 cm³/mol. The van der Waals surface area contributed by atoms with E-state index in [2.05, 4.69) is 28.4 Å². The number of rotatable bonds is 4. The molecule has 6 heteroatoms. The van der Waals surface area contributed by atoms with E-state index in [4.69, 9.17) is 23.2 Å². The fourth-order valence-corrected chi connectivity index (χ4v) is 4.69. The molecule has 0 radical (unpaired) electrons. The fourth-order valence-electron chi connectivity index (χ4n) is 4.37. The quantitative estimate of drug-likeness (QED) is 0.727. The van der Waals surface area contributed by atoms with E-state index in [1.807, 2.05) is 19.1 Å². The number of hydrogen-bond donors (Lipinski definition) is 1. The summed E-state index contributed by atoms with van der Waals surface area (Å²) in [5.74, 6) is 0.150. The molecular weight excluding hydrogens is 415 g/mol. The van der Waals surface area contributed by atoms with Crippen LogP contribution in [0.2, 0.25) is 10.0 Å². The molecule has 1 saturated heterocycles. The molecule has 0 aromatic heterocycles. The summed E-state index contributed by atoms with van der Waals surface area (Å²) >= 11 is 12.2. The minimum absolute atomic E-state index is 0. The Kier molecular flexibility index (Phi) is 6.73. The van der Waals surface area contributed by atoms with Gasteiger partial charge in [0.2, 0.25) is 0 Å². The Morgan fingerprint density at radius 2 is 1.86 bits per heavy atom. The molecule has 0 bridgehead atoms. The minimum Gasteiger partial charge on any atom is -0.297 e. The van der Waals surface area contributed by atoms with Crippen LogP contribution in [0.5, 0.6) is 0 Å². The zero-order valence-electron chi connectivity index (χ0n) is 15.9. The SMILES string of the molecule is C[C@@]1(C(=O)Cc2ccc(Cl)c(Cl)c2)N[C@@H](N2CCCC2)Cc2ccccc21.Cl. The van der Waals surface area contributed by atoms with E-state index < -0.39 is 5.54 Å². The Hall–Kier alpha value is -1.10. The molecule has 2 aliphatic rings. The number of benzene rings is 2. The van der Waals surface area contributed by atoms with Gasteiger partial charge in [-0.25, -0.2) is 0 Å². The summed E-state index contributed by atoms with van der Waals surface area (Å²) in [5.41, 5.74) is 2.52. The summed E-state index contributed by atoms with van der Waals surface area (Å²) in [6.45, 7) is 4.21. The van der Waals surface area contributed by atoms with E-state index in [0.717, 1.165) is 30.6 Å². The largest absolute Gasteiger partial charge is 0.297 e. The van der Waals surface area contributed by atoms with Crippen LogP contribution in [0, 0.1) is 0 Å². The molecule has 2 heterocycles. The first-order valence-electron chi connectivity index (χ1n) is 9.55. The molecule has 28 heavy (non-hydrogen) atoms. The molecule has 1 N–H and O–H groups in total. The van der Waals surface area contributed by atoms with Crippen molar-refractivity contribution in [3.05, 3.63) is 69.2 Å². The number of nitrogens with zero attached hydrogens (tertiary/aromatic N) is 1. The summed E-state index contributed by atoms with van der Waals surface area (Å²) < 4.78 is 0. The first-order valence-corrected chi connectivity index (χ1v) is 10.3. The molecule has 1 fully saturated rings. The predicted octanol–water partition coefficient (Wildman–Crippen LogP) is 5.01. The highest BCUT2D eigenvalue weighted by atomic mass is 35.5. The van der Waals surface area contributed by atoms with Gasteiger partial charge in [0.25, 0.3) is 0 Å². The van der Waals surface area contributed by atoms with Crippen LogP contribution in [0.1, 0.15) is 36.5 Å². The zero-order chi connectivity index (χ0) is 19.0. The van der Waals surface area contributed by atoms with E-state index >= 15 is 0 Å². The van der Waals surface area contributed by atoms with Crippen molar-refractivity contribution < 1.29 is 4.79 Å². The topological polar surface area (TPSA) is 32.3 Å². The van der Waals surface area contributed by atoms with Crippen LogP contribution < -0.4 is 5.32 Å². The fraction of sp³-hybridized carbons (Fsp3) is 0.409. The molecule has 2 aromatic carbocycles. The van der Waals surface area contributed by atoms with Crippen LogP contribution >= 0.6 is 35.6 Å². The van der Waals surface area contributed by atoms with Crippen LogP contribution in [0.4, 0.5) is 0 Å². The highest BCUT2D eigenvalue weighted by Crippen LogP contribution is 2.34. The lowest BCUT2D eigenvalue weighted by Crippen LogP contribution is -2.60. The number of hydrogen-bond acceptors (Lipinski definition) is 3. The third kappa shape index (κ3) is 4.10. The normalized spacial score (nSPS) is 24.5. The summed E-state index contributed by atoms with van der Waals surface area (Å²) in [5, 5.41) is 4.69. The molecule has 4 rings (SSSR count). The monoisotopic (exact) mass is 438 g/mol. The molecule has 2 atom stereocenters. The third-order valence-corrected chi connectivity index (χ3v) is 6.65. The number of carbonyl (C=O) groups excluding carboxylic acids is 1. The smallest absolute Gasteiger partial charge is 0.161 e. The van der Waals surface area contributed by atoms with Gasteiger partial charge in [0.05, 0.1) is 16.2 Å². The van der Waals surface area contributed by atoms with Gasteiger partial charge >= 0.3 is 0 Å². The van der Waals surface area contributed by atoms with Crippen molar-refractivity contribution in [1.82, 2.24) is 10.2 Å². The van der Waals surface area contributed by atoms with E-state index in [1.54, 1.807) is 12.1 Å². The maximum Gasteiger partial charge on any atom is 0.161 e. The number of ketones is 1. The number of fused-ring (bicyclic) bond motifs is 1. The lowest BCUT2D eigenvalue weighted by Gasteiger charge is -2.43. The Bertz CT molecular complexity index is 867. The molecular formula is C22H25Cl3N2O. The first-order chi connectivity index (χ1) is 13.0. The van der Waals surface area contributed by atoms with Crippen molar-refractivity contribution in [3.63, 3.8) is 0 Å². The van der Waals surface area contributed by atoms with Crippen molar-refractivity contribution in [2.24, 2.45) is 0 Å². The highest BCUT2D eigenvalue weighted by Gasteiger charge is 2.43. The van der Waals surface area contributed by atoms with Gasteiger partial charge in [-0.15, -0.1) is 12.4 Å². The lowest BCUT2D eigenvalue weighted by molar-refractivity contribution is -0.126. The van der Waals surface area contributed by atoms with Crippen molar-refractivity contribution in [1.29, 1.82) is 0 Å². The standard InChI is InChI=1S/C22H24Cl2N2O.ClH/c1-22(20(27)13-15-8-9-18(23)19(24)12-15)17-7-3-2-6-16(17)14-21(25-22)26-10-4-5-11-26;/h2-3,6-9,12,21,25H,4-5,10-11,13-14H2,1H3;1H/t21-,22+;/m0./s1. The van der Waals surface area contributed by atoms with Gasteiger partial charge in [0.15, 0.2) is 5.78 Å². The summed E-state index contributed by atoms with van der Waals surface area (Å²) in [6, 6.07) is 13.7. The van der Waals surface area contributed by atoms with E-state index in [0.29, 0.717) is 16.5 Å². The van der Waals surface area contributed by atoms with E-state index in [-0.39, 0.29) is 24.4 Å². The summed E-state index contributed by atoms with van der Waals surface area (Å²) in [6.07, 6.45) is 3.92. The van der Waals surface area contributed by atoms with E-state index in [9.17, 15) is 4.79 Å². The van der Waals surface area contributed by atoms with Gasteiger partial charge in [-0.1, -0.05) is 53.5 Å². The molecule has 0 saturated carbocycles. The molecule has 0 aliphatic carbocycles. The maximum atomic E-state index is 13.5. The highest BCUT2D eigenvalue weighted by molar-refractivity contribution is 6.42. The Labute approximate surface area is 182 Å². The van der Waals surface area contributed by atoms with Crippen molar-refractivity contribution >= 4 is 41.4 Å². The molecule has 0 spiro atoms. The van der Waals surface area contributed by atoms with E-state index in [1.165, 1.54) is 18.4 Å². The second-order valence-corrected chi connectivity index (χ2v) is 8.55. The van der Waals surface area contributed by atoms with Crippen LogP contribution in [0.15, 0.2) is 42.5 Å². The number of Topliss-reactive ketones (excluding diaryl/α,β-unsaturated/α-hetero) is 1. The lowest BCUT2D eigenvalue weighted by atomic mass is 9.78. The number of nitrogens with one attached hydrogen (secondary N) is 1. The van der Waals surface area contributed by atoms with Gasteiger partial charge in [0, 0.05) is 12.8 Å². The Morgan fingerprint density at radius 1 is 1.14 bits per heavy atom. The molecule has 0 amide bonds. The molecule has 3 nitrogen and oxygen atoms in total. The van der Waals surface area contributed by atoms with Crippen LogP contribution in [-0.2, 0) is 23.2 Å². The minimum atomic E-state index is -0.714. The van der Waals surface area contributed by atoms with Gasteiger partial charge in [0.1, 0.15) is 5.54 Å². The molecule has 2 aromatic rings. The first kappa shape index (κ1) is 21.6. The maximum absolute atomic E-state index is 13.5. The molecule has 2 aliphatic heterocycles. The Morgan fingerprint density at radius 3 is 2.57 bits per heavy atom. The van der Waals surface area contributed by atoms with Gasteiger partial charge in [-0.2, -0.15) is 0 Å². The second-order valence-electron chi connectivity index (χ2n) is 7.74. The number of carbonyl (C=O) groups is 1. The van der Waals surface area contributed by atoms with Gasteiger partial charge in [-0.3, -0.25) is 15.0 Å². The van der Waals surface area contributed by atoms with Gasteiger partial charge in [-0.05, 0) is 61.7 Å². The second kappa shape index (κ2) is 8.73. The van der Waals surface area contributed by atoms with Crippen LogP contribution in [-0.4, -0.2) is 29.9 Å². The average molecular weight is 440 g/mol. The zero-order valence-corrected chi connectivity index (χ0v) is 18.2. The third-order valence-electron chi connectivity index (χ3n) is 5.91. The van der Waals surface area contributed by atoms with Crippen LogP contribution in [0.3, 0.4) is 0 Å². The van der Waals surface area contributed by atoms with Crippen molar-refractivity contribution in [3.8, 4) is 0 Å². The summed E-state index contributed by atoms with van der Waals surface area (Å²) in [4.78, 5) is 15.9. The molecule has 0 unspecified atom stereocenters. The van der Waals surface area contributed by atoms with Crippen molar-refractivity contribution in [2.45, 2.75) is 44.3 Å². The Balaban J connectivity index is 0.00000225. The average Bonchev–Trinajstić information content (AvgIpc) is 3.19. The van der Waals surface area contributed by atoms with Crippen LogP contribution in [0.25, 0.3) is 0 Å². The van der Waals surface area contributed by atoms with Crippen molar-refractivity contribution in [2.75, 3.05) is 13.1 Å². The number of likely N-dealkylation sites (tertiary alicyclic amines) is 1. The number of halogens is 3. The molecule has 150 valence electrons.